The van der Waals surface area contributed by atoms with Gasteiger partial charge in [0.15, 0.2) is 0 Å². The molecule has 0 amide bonds. The molecule has 0 unspecified atom stereocenters. The summed E-state index contributed by atoms with van der Waals surface area (Å²) in [5, 5.41) is 2.72. The van der Waals surface area contributed by atoms with Gasteiger partial charge >= 0.3 is 12.3 Å². The van der Waals surface area contributed by atoms with Gasteiger partial charge in [0, 0.05) is 6.54 Å². The van der Waals surface area contributed by atoms with Crippen LogP contribution in [0.3, 0.4) is 0 Å². The van der Waals surface area contributed by atoms with Gasteiger partial charge in [-0.1, -0.05) is 0 Å². The smallest absolute Gasteiger partial charge is 0.330 e. The van der Waals surface area contributed by atoms with E-state index in [1.165, 1.54) is 0 Å². The molecule has 2 nitrogen and oxygen atoms in total. The van der Waals surface area contributed by atoms with Crippen molar-refractivity contribution in [1.29, 1.82) is 0 Å². The summed E-state index contributed by atoms with van der Waals surface area (Å²) < 4.78 is 53.0. The standard InChI is InChI=1S/C8H15F4NO/c1-7(2,4-13-3)14-5-8(11,12)6(9)10/h6,13H,4-5H2,1-3H3. The lowest BCUT2D eigenvalue weighted by atomic mass is 10.1. The lowest BCUT2D eigenvalue weighted by Gasteiger charge is -2.27. The number of halogens is 4. The van der Waals surface area contributed by atoms with Gasteiger partial charge in [-0.05, 0) is 20.9 Å². The summed E-state index contributed by atoms with van der Waals surface area (Å²) in [5.74, 6) is -4.08. The number of nitrogens with one attached hydrogen (secondary N) is 1. The van der Waals surface area contributed by atoms with Crippen LogP contribution < -0.4 is 5.32 Å². The average molecular weight is 217 g/mol. The summed E-state index contributed by atoms with van der Waals surface area (Å²) in [7, 11) is 1.62. The van der Waals surface area contributed by atoms with Crippen LogP contribution >= 0.6 is 0 Å². The maximum atomic E-state index is 12.4. The van der Waals surface area contributed by atoms with E-state index in [1.807, 2.05) is 0 Å². The van der Waals surface area contributed by atoms with Crippen molar-refractivity contribution in [2.75, 3.05) is 20.2 Å². The minimum atomic E-state index is -4.08. The number of hydrogen-bond acceptors (Lipinski definition) is 2. The van der Waals surface area contributed by atoms with Gasteiger partial charge in [-0.25, -0.2) is 8.78 Å². The van der Waals surface area contributed by atoms with Crippen LogP contribution in [0.1, 0.15) is 13.8 Å². The van der Waals surface area contributed by atoms with Crippen molar-refractivity contribution < 1.29 is 22.3 Å². The Bertz CT molecular complexity index is 173. The summed E-state index contributed by atoms with van der Waals surface area (Å²) in [6.07, 6.45) is -3.69. The normalized spacial score (nSPS) is 13.7. The maximum absolute atomic E-state index is 12.4. The molecule has 0 atom stereocenters. The van der Waals surface area contributed by atoms with E-state index in [0.29, 0.717) is 6.54 Å². The Balaban J connectivity index is 4.04. The fraction of sp³-hybridized carbons (Fsp3) is 1.00. The van der Waals surface area contributed by atoms with Gasteiger partial charge in [-0.3, -0.25) is 0 Å². The van der Waals surface area contributed by atoms with Gasteiger partial charge in [-0.2, -0.15) is 8.78 Å². The molecule has 0 aliphatic carbocycles. The second-order valence-electron chi connectivity index (χ2n) is 3.64. The third-order valence-corrected chi connectivity index (χ3v) is 1.58. The predicted octanol–water partition coefficient (Wildman–Crippen LogP) is 1.90. The summed E-state index contributed by atoms with van der Waals surface area (Å²) in [6, 6.07) is 0. The van der Waals surface area contributed by atoms with Crippen LogP contribution in [-0.2, 0) is 4.74 Å². The fourth-order valence-corrected chi connectivity index (χ4v) is 0.831. The van der Waals surface area contributed by atoms with Crippen molar-refractivity contribution in [2.45, 2.75) is 31.8 Å². The van der Waals surface area contributed by atoms with Crippen LogP contribution in [0.15, 0.2) is 0 Å². The van der Waals surface area contributed by atoms with Gasteiger partial charge in [0.1, 0.15) is 6.61 Å². The molecule has 0 spiro atoms. The van der Waals surface area contributed by atoms with E-state index in [-0.39, 0.29) is 0 Å². The molecule has 0 aromatic heterocycles. The highest BCUT2D eigenvalue weighted by molar-refractivity contribution is 4.75. The summed E-state index contributed by atoms with van der Waals surface area (Å²) in [4.78, 5) is 0. The monoisotopic (exact) mass is 217 g/mol. The highest BCUT2D eigenvalue weighted by atomic mass is 19.3. The van der Waals surface area contributed by atoms with E-state index >= 15 is 0 Å². The van der Waals surface area contributed by atoms with Crippen molar-refractivity contribution in [1.82, 2.24) is 5.32 Å². The van der Waals surface area contributed by atoms with Crippen LogP contribution in [0.4, 0.5) is 17.6 Å². The van der Waals surface area contributed by atoms with Crippen molar-refractivity contribution in [3.05, 3.63) is 0 Å². The van der Waals surface area contributed by atoms with Gasteiger partial charge in [-0.15, -0.1) is 0 Å². The Labute approximate surface area is 80.6 Å². The Kier molecular flexibility index (Phi) is 4.80. The molecular weight excluding hydrogens is 202 g/mol. The number of rotatable bonds is 6. The van der Waals surface area contributed by atoms with Crippen LogP contribution in [-0.4, -0.2) is 38.1 Å². The molecule has 0 fully saturated rings. The molecule has 14 heavy (non-hydrogen) atoms. The minimum absolute atomic E-state index is 0.312. The number of ether oxygens (including phenoxy) is 1. The third kappa shape index (κ3) is 4.76. The molecule has 86 valence electrons. The lowest BCUT2D eigenvalue weighted by molar-refractivity contribution is -0.188. The molecule has 0 rings (SSSR count). The number of alkyl halides is 4. The topological polar surface area (TPSA) is 21.3 Å². The Morgan fingerprint density at radius 3 is 2.14 bits per heavy atom. The highest BCUT2D eigenvalue weighted by Crippen LogP contribution is 2.24. The van der Waals surface area contributed by atoms with Crippen molar-refractivity contribution in [3.63, 3.8) is 0 Å². The molecule has 0 radical (unpaired) electrons. The molecule has 0 heterocycles. The van der Waals surface area contributed by atoms with E-state index in [0.717, 1.165) is 0 Å². The zero-order valence-electron chi connectivity index (χ0n) is 8.41. The molecule has 0 saturated heterocycles. The Morgan fingerprint density at radius 2 is 1.79 bits per heavy atom. The SMILES string of the molecule is CNCC(C)(C)OCC(F)(F)C(F)F. The summed E-state index contributed by atoms with van der Waals surface area (Å²) in [5.41, 5.74) is -0.882. The van der Waals surface area contributed by atoms with E-state index < -0.39 is 24.6 Å². The first kappa shape index (κ1) is 13.6. The molecule has 0 saturated carbocycles. The maximum Gasteiger partial charge on any atom is 0.330 e. The summed E-state index contributed by atoms with van der Waals surface area (Å²) in [6.45, 7) is 2.14. The van der Waals surface area contributed by atoms with Crippen molar-refractivity contribution in [2.24, 2.45) is 0 Å². The molecule has 0 aliphatic rings. The van der Waals surface area contributed by atoms with Crippen LogP contribution in [0.2, 0.25) is 0 Å². The van der Waals surface area contributed by atoms with Gasteiger partial charge in [0.25, 0.3) is 0 Å². The van der Waals surface area contributed by atoms with Gasteiger partial charge in [0.2, 0.25) is 0 Å². The van der Waals surface area contributed by atoms with Crippen molar-refractivity contribution >= 4 is 0 Å². The van der Waals surface area contributed by atoms with E-state index in [2.05, 4.69) is 5.32 Å². The van der Waals surface area contributed by atoms with Crippen LogP contribution in [0.5, 0.6) is 0 Å². The van der Waals surface area contributed by atoms with Crippen LogP contribution in [0, 0.1) is 0 Å². The van der Waals surface area contributed by atoms with Gasteiger partial charge in [0.05, 0.1) is 5.60 Å². The predicted molar refractivity (Wildman–Crippen MR) is 44.9 cm³/mol. The summed E-state index contributed by atoms with van der Waals surface area (Å²) >= 11 is 0. The Morgan fingerprint density at radius 1 is 1.29 bits per heavy atom. The average Bonchev–Trinajstić information content (AvgIpc) is 2.01. The Hall–Kier alpha value is -0.360. The quantitative estimate of drug-likeness (QED) is 0.686. The van der Waals surface area contributed by atoms with E-state index in [9.17, 15) is 17.6 Å². The molecule has 0 aliphatic heterocycles. The molecular formula is C8H15F4NO. The first-order valence-electron chi connectivity index (χ1n) is 4.16. The molecule has 0 aromatic carbocycles. The van der Waals surface area contributed by atoms with Crippen molar-refractivity contribution in [3.8, 4) is 0 Å². The van der Waals surface area contributed by atoms with E-state index in [4.69, 9.17) is 4.74 Å². The van der Waals surface area contributed by atoms with Gasteiger partial charge < -0.3 is 10.1 Å². The molecule has 0 bridgehead atoms. The minimum Gasteiger partial charge on any atom is -0.368 e. The first-order valence-corrected chi connectivity index (χ1v) is 4.16. The lowest BCUT2D eigenvalue weighted by Crippen LogP contribution is -2.42. The largest absolute Gasteiger partial charge is 0.368 e. The molecule has 1 N–H and O–H groups in total. The second kappa shape index (κ2) is 4.93. The first-order chi connectivity index (χ1) is 6.21. The second-order valence-corrected chi connectivity index (χ2v) is 3.64. The molecule has 6 heteroatoms. The fourth-order valence-electron chi connectivity index (χ4n) is 0.831. The highest BCUT2D eigenvalue weighted by Gasteiger charge is 2.42. The van der Waals surface area contributed by atoms with E-state index in [1.54, 1.807) is 20.9 Å². The zero-order valence-corrected chi connectivity index (χ0v) is 8.41. The van der Waals surface area contributed by atoms with Crippen LogP contribution in [0.25, 0.3) is 0 Å². The zero-order chi connectivity index (χ0) is 11.4. The molecule has 0 aromatic rings. The third-order valence-electron chi connectivity index (χ3n) is 1.58. The number of hydrogen-bond donors (Lipinski definition) is 1. The number of likely N-dealkylation sites (N-methyl/N-ethyl adjacent to an activating group) is 1.